The molecule has 1 fully saturated rings. The minimum atomic E-state index is -0.235. The lowest BCUT2D eigenvalue weighted by molar-refractivity contribution is -0.129. The second-order valence-corrected chi connectivity index (χ2v) is 4.93. The van der Waals surface area contributed by atoms with Gasteiger partial charge in [-0.25, -0.2) is 0 Å². The van der Waals surface area contributed by atoms with Gasteiger partial charge in [0.2, 0.25) is 5.91 Å². The van der Waals surface area contributed by atoms with Gasteiger partial charge >= 0.3 is 0 Å². The molecule has 7 nitrogen and oxygen atoms in total. The van der Waals surface area contributed by atoms with Gasteiger partial charge in [-0.05, 0) is 31.9 Å². The van der Waals surface area contributed by atoms with Crippen molar-refractivity contribution in [1.82, 2.24) is 20.4 Å². The second kappa shape index (κ2) is 7.56. The van der Waals surface area contributed by atoms with Gasteiger partial charge in [-0.1, -0.05) is 0 Å². The molecular formula is C14H21N5O2. The van der Waals surface area contributed by atoms with Crippen LogP contribution in [0.1, 0.15) is 36.7 Å². The number of hydrogen-bond donors (Lipinski definition) is 2. The number of nitrogens with zero attached hydrogens (tertiary/aromatic N) is 3. The Balaban J connectivity index is 1.75. The molecule has 0 bridgehead atoms. The number of anilines is 1. The fourth-order valence-electron chi connectivity index (χ4n) is 2.22. The number of carbonyl (C=O) groups excluding carboxylic acids is 2. The first-order valence-electron chi connectivity index (χ1n) is 7.34. The molecule has 2 N–H and O–H groups in total. The van der Waals surface area contributed by atoms with Crippen molar-refractivity contribution in [3.05, 3.63) is 17.8 Å². The van der Waals surface area contributed by atoms with Gasteiger partial charge in [0.1, 0.15) is 5.82 Å². The van der Waals surface area contributed by atoms with Crippen LogP contribution in [0.5, 0.6) is 0 Å². The van der Waals surface area contributed by atoms with Crippen molar-refractivity contribution < 1.29 is 9.59 Å². The Bertz CT molecular complexity index is 483. The first-order valence-corrected chi connectivity index (χ1v) is 7.34. The molecule has 2 amide bonds. The Morgan fingerprint density at radius 2 is 2.00 bits per heavy atom. The largest absolute Gasteiger partial charge is 0.368 e. The number of rotatable bonds is 6. The van der Waals surface area contributed by atoms with Crippen LogP contribution in [-0.2, 0) is 4.79 Å². The molecule has 0 saturated carbocycles. The zero-order valence-electron chi connectivity index (χ0n) is 12.3. The van der Waals surface area contributed by atoms with E-state index < -0.39 is 0 Å². The fraction of sp³-hybridized carbons (Fsp3) is 0.571. The van der Waals surface area contributed by atoms with E-state index in [9.17, 15) is 9.59 Å². The van der Waals surface area contributed by atoms with Crippen LogP contribution >= 0.6 is 0 Å². The summed E-state index contributed by atoms with van der Waals surface area (Å²) < 4.78 is 0. The van der Waals surface area contributed by atoms with E-state index in [1.165, 1.54) is 0 Å². The molecule has 0 aromatic carbocycles. The molecule has 1 aromatic rings. The first-order chi connectivity index (χ1) is 10.2. The maximum Gasteiger partial charge on any atom is 0.271 e. The Morgan fingerprint density at radius 3 is 2.62 bits per heavy atom. The molecule has 0 spiro atoms. The summed E-state index contributed by atoms with van der Waals surface area (Å²) in [6.45, 7) is 4.67. The summed E-state index contributed by atoms with van der Waals surface area (Å²) >= 11 is 0. The van der Waals surface area contributed by atoms with Gasteiger partial charge in [0.05, 0.1) is 0 Å². The standard InChI is InChI=1S/C14H21N5O2/c1-2-15-14(21)11-5-6-12(18-17-11)16-8-7-13(20)19-9-3-4-10-19/h5-6H,2-4,7-10H2,1H3,(H,15,21)(H,16,18). The molecule has 21 heavy (non-hydrogen) atoms. The summed E-state index contributed by atoms with van der Waals surface area (Å²) in [5.74, 6) is 0.505. The van der Waals surface area contributed by atoms with Crippen LogP contribution in [0.15, 0.2) is 12.1 Å². The Kier molecular flexibility index (Phi) is 5.48. The third-order valence-corrected chi connectivity index (χ3v) is 3.34. The van der Waals surface area contributed by atoms with Crippen LogP contribution in [0.25, 0.3) is 0 Å². The van der Waals surface area contributed by atoms with Gasteiger partial charge in [-0.2, -0.15) is 0 Å². The number of carbonyl (C=O) groups is 2. The molecule has 1 aliphatic rings. The molecule has 7 heteroatoms. The average Bonchev–Trinajstić information content (AvgIpc) is 3.02. The molecule has 1 aliphatic heterocycles. The van der Waals surface area contributed by atoms with E-state index in [0.29, 0.717) is 25.3 Å². The molecule has 2 heterocycles. The van der Waals surface area contributed by atoms with E-state index in [4.69, 9.17) is 0 Å². The molecule has 1 saturated heterocycles. The highest BCUT2D eigenvalue weighted by Crippen LogP contribution is 2.09. The first kappa shape index (κ1) is 15.2. The summed E-state index contributed by atoms with van der Waals surface area (Å²) in [6.07, 6.45) is 2.65. The number of aromatic nitrogens is 2. The maximum atomic E-state index is 11.8. The summed E-state index contributed by atoms with van der Waals surface area (Å²) in [6, 6.07) is 3.31. The second-order valence-electron chi connectivity index (χ2n) is 4.93. The van der Waals surface area contributed by atoms with E-state index >= 15 is 0 Å². The van der Waals surface area contributed by atoms with Crippen molar-refractivity contribution in [2.75, 3.05) is 31.5 Å². The van der Waals surface area contributed by atoms with Crippen molar-refractivity contribution in [3.8, 4) is 0 Å². The third-order valence-electron chi connectivity index (χ3n) is 3.34. The van der Waals surface area contributed by atoms with Crippen molar-refractivity contribution in [1.29, 1.82) is 0 Å². The van der Waals surface area contributed by atoms with E-state index in [1.54, 1.807) is 12.1 Å². The van der Waals surface area contributed by atoms with Crippen LogP contribution in [0.3, 0.4) is 0 Å². The van der Waals surface area contributed by atoms with Crippen molar-refractivity contribution in [2.45, 2.75) is 26.2 Å². The van der Waals surface area contributed by atoms with Gasteiger partial charge in [-0.15, -0.1) is 10.2 Å². The van der Waals surface area contributed by atoms with E-state index in [2.05, 4.69) is 20.8 Å². The van der Waals surface area contributed by atoms with Crippen LogP contribution in [-0.4, -0.2) is 53.1 Å². The van der Waals surface area contributed by atoms with Crippen molar-refractivity contribution in [2.24, 2.45) is 0 Å². The van der Waals surface area contributed by atoms with Gasteiger partial charge in [-0.3, -0.25) is 9.59 Å². The highest BCUT2D eigenvalue weighted by molar-refractivity contribution is 5.92. The highest BCUT2D eigenvalue weighted by atomic mass is 16.2. The fourth-order valence-corrected chi connectivity index (χ4v) is 2.22. The minimum Gasteiger partial charge on any atom is -0.368 e. The SMILES string of the molecule is CCNC(=O)c1ccc(NCCC(=O)N2CCCC2)nn1. The molecular weight excluding hydrogens is 270 g/mol. The molecule has 0 atom stereocenters. The Morgan fingerprint density at radius 1 is 1.24 bits per heavy atom. The predicted molar refractivity (Wildman–Crippen MR) is 79.0 cm³/mol. The normalized spacial score (nSPS) is 14.0. The highest BCUT2D eigenvalue weighted by Gasteiger charge is 2.17. The van der Waals surface area contributed by atoms with Gasteiger partial charge < -0.3 is 15.5 Å². The predicted octanol–water partition coefficient (Wildman–Crippen LogP) is 0.651. The Hall–Kier alpha value is -2.18. The van der Waals surface area contributed by atoms with Crippen LogP contribution in [0.2, 0.25) is 0 Å². The van der Waals surface area contributed by atoms with Crippen LogP contribution < -0.4 is 10.6 Å². The lowest BCUT2D eigenvalue weighted by Crippen LogP contribution is -2.29. The average molecular weight is 291 g/mol. The van der Waals surface area contributed by atoms with Gasteiger partial charge in [0.15, 0.2) is 5.69 Å². The number of amides is 2. The van der Waals surface area contributed by atoms with E-state index in [-0.39, 0.29) is 17.5 Å². The zero-order valence-corrected chi connectivity index (χ0v) is 12.3. The number of hydrogen-bond acceptors (Lipinski definition) is 5. The van der Waals surface area contributed by atoms with E-state index in [0.717, 1.165) is 25.9 Å². The monoisotopic (exact) mass is 291 g/mol. The lowest BCUT2D eigenvalue weighted by atomic mass is 10.3. The summed E-state index contributed by atoms with van der Waals surface area (Å²) in [4.78, 5) is 25.3. The topological polar surface area (TPSA) is 87.2 Å². The molecule has 114 valence electrons. The van der Waals surface area contributed by atoms with Gasteiger partial charge in [0, 0.05) is 32.6 Å². The minimum absolute atomic E-state index is 0.173. The smallest absolute Gasteiger partial charge is 0.271 e. The lowest BCUT2D eigenvalue weighted by Gasteiger charge is -2.15. The number of likely N-dealkylation sites (tertiary alicyclic amines) is 1. The molecule has 2 rings (SSSR count). The molecule has 0 aliphatic carbocycles. The molecule has 1 aromatic heterocycles. The van der Waals surface area contributed by atoms with E-state index in [1.807, 2.05) is 11.8 Å². The maximum absolute atomic E-state index is 11.8. The quantitative estimate of drug-likeness (QED) is 0.803. The number of nitrogens with one attached hydrogen (secondary N) is 2. The zero-order chi connectivity index (χ0) is 15.1. The molecule has 0 unspecified atom stereocenters. The Labute approximate surface area is 124 Å². The summed E-state index contributed by atoms with van der Waals surface area (Å²) in [7, 11) is 0. The van der Waals surface area contributed by atoms with Crippen LogP contribution in [0, 0.1) is 0 Å². The summed E-state index contributed by atoms with van der Waals surface area (Å²) in [5, 5.41) is 13.5. The van der Waals surface area contributed by atoms with Crippen LogP contribution in [0.4, 0.5) is 5.82 Å². The van der Waals surface area contributed by atoms with Crippen molar-refractivity contribution >= 4 is 17.6 Å². The summed E-state index contributed by atoms with van der Waals surface area (Å²) in [5.41, 5.74) is 0.288. The molecule has 0 radical (unpaired) electrons. The van der Waals surface area contributed by atoms with Crippen molar-refractivity contribution in [3.63, 3.8) is 0 Å². The van der Waals surface area contributed by atoms with Gasteiger partial charge in [0.25, 0.3) is 5.91 Å². The third kappa shape index (κ3) is 4.40.